The zero-order valence-corrected chi connectivity index (χ0v) is 42.9. The van der Waals surface area contributed by atoms with Crippen LogP contribution in [0.2, 0.25) is 0 Å². The van der Waals surface area contributed by atoms with Crippen LogP contribution in [0.4, 0.5) is 0 Å². The average molecular weight is 802 g/mol. The summed E-state index contributed by atoms with van der Waals surface area (Å²) in [4.78, 5) is 0. The van der Waals surface area contributed by atoms with Crippen molar-refractivity contribution in [2.75, 3.05) is 0 Å². The van der Waals surface area contributed by atoms with Crippen molar-refractivity contribution in [1.29, 1.82) is 0 Å². The van der Waals surface area contributed by atoms with Gasteiger partial charge in [0.25, 0.3) is 0 Å². The molecule has 5 atom stereocenters. The molecule has 0 heteroatoms. The second-order valence-electron chi connectivity index (χ2n) is 21.7. The molecule has 0 aromatic carbocycles. The highest BCUT2D eigenvalue weighted by molar-refractivity contribution is 5.15. The zero-order chi connectivity index (χ0) is 42.9. The fourth-order valence-corrected chi connectivity index (χ4v) is 13.1. The van der Waals surface area contributed by atoms with Gasteiger partial charge in [-0.2, -0.15) is 0 Å². The van der Waals surface area contributed by atoms with Crippen molar-refractivity contribution in [3.05, 3.63) is 0 Å². The van der Waals surface area contributed by atoms with E-state index in [9.17, 15) is 0 Å². The normalized spacial score (nSPS) is 16.7. The topological polar surface area (TPSA) is 0 Å². The lowest BCUT2D eigenvalue weighted by atomic mass is 9.34. The average Bonchev–Trinajstić information content (AvgIpc) is 3.18. The van der Waals surface area contributed by atoms with Gasteiger partial charge in [-0.15, -0.1) is 0 Å². The fourth-order valence-electron chi connectivity index (χ4n) is 13.1. The number of rotatable bonds is 42. The minimum absolute atomic E-state index is 0.260. The minimum Gasteiger partial charge on any atom is -0.0654 e. The summed E-state index contributed by atoms with van der Waals surface area (Å²) in [6.07, 6.45) is 53.1. The largest absolute Gasteiger partial charge is 0.0654 e. The van der Waals surface area contributed by atoms with Gasteiger partial charge in [-0.3, -0.25) is 0 Å². The van der Waals surface area contributed by atoms with Crippen LogP contribution in [-0.4, -0.2) is 0 Å². The van der Waals surface area contributed by atoms with E-state index in [1.165, 1.54) is 238 Å². The zero-order valence-electron chi connectivity index (χ0n) is 42.9. The molecule has 0 aromatic rings. The molecule has 0 nitrogen and oxygen atoms in total. The fraction of sp³-hybridized carbons (Fsp3) is 1.00. The Hall–Kier alpha value is 0. The van der Waals surface area contributed by atoms with Gasteiger partial charge in [-0.05, 0) is 84.4 Å². The summed E-state index contributed by atoms with van der Waals surface area (Å²) in [5.41, 5.74) is 1.40. The van der Waals surface area contributed by atoms with Crippen molar-refractivity contribution in [2.45, 2.75) is 328 Å². The van der Waals surface area contributed by atoms with Crippen LogP contribution < -0.4 is 0 Å². The number of unbranched alkanes of at least 4 members (excludes halogenated alkanes) is 21. The van der Waals surface area contributed by atoms with E-state index in [-0.39, 0.29) is 5.41 Å². The summed E-state index contributed by atoms with van der Waals surface area (Å²) in [6, 6.07) is 0. The van der Waals surface area contributed by atoms with E-state index in [4.69, 9.17) is 0 Å². The highest BCUT2D eigenvalue weighted by atomic mass is 14.7. The Balaban J connectivity index is 8.51. The summed E-state index contributed by atoms with van der Waals surface area (Å²) < 4.78 is 0. The van der Waals surface area contributed by atoms with Gasteiger partial charge in [0.1, 0.15) is 0 Å². The molecule has 0 radical (unpaired) electrons. The quantitative estimate of drug-likeness (QED) is 0.0540. The van der Waals surface area contributed by atoms with E-state index in [2.05, 4.69) is 90.0 Å². The molecule has 0 aliphatic rings. The lowest BCUT2D eigenvalue weighted by Crippen LogP contribution is -2.63. The van der Waals surface area contributed by atoms with Crippen LogP contribution in [0.3, 0.4) is 0 Å². The van der Waals surface area contributed by atoms with E-state index >= 15 is 0 Å². The van der Waals surface area contributed by atoms with Crippen LogP contribution in [0, 0.1) is 39.4 Å². The molecule has 0 fully saturated rings. The minimum atomic E-state index is 0.260. The molecule has 0 heterocycles. The van der Waals surface area contributed by atoms with Gasteiger partial charge in [-0.1, -0.05) is 283 Å². The van der Waals surface area contributed by atoms with Crippen molar-refractivity contribution >= 4 is 0 Å². The van der Waals surface area contributed by atoms with E-state index < -0.39 is 0 Å². The van der Waals surface area contributed by atoms with Crippen molar-refractivity contribution in [1.82, 2.24) is 0 Å². The Morgan fingerprint density at radius 2 is 0.719 bits per heavy atom. The lowest BCUT2D eigenvalue weighted by Gasteiger charge is -2.70. The summed E-state index contributed by atoms with van der Waals surface area (Å²) in [5.74, 6) is 2.40. The van der Waals surface area contributed by atoms with Gasteiger partial charge >= 0.3 is 0 Å². The van der Waals surface area contributed by atoms with Gasteiger partial charge in [-0.25, -0.2) is 0 Å². The summed E-state index contributed by atoms with van der Waals surface area (Å²) >= 11 is 0. The molecule has 0 aliphatic carbocycles. The summed E-state index contributed by atoms with van der Waals surface area (Å²) in [6.45, 7) is 33.6. The molecular weight excluding hydrogens is 685 g/mol. The van der Waals surface area contributed by atoms with Crippen LogP contribution in [-0.2, 0) is 0 Å². The van der Waals surface area contributed by atoms with Crippen molar-refractivity contribution in [3.63, 3.8) is 0 Å². The molecule has 0 rings (SSSR count). The van der Waals surface area contributed by atoms with Gasteiger partial charge < -0.3 is 0 Å². The second kappa shape index (κ2) is 34.6. The van der Waals surface area contributed by atoms with Crippen LogP contribution in [0.25, 0.3) is 0 Å². The van der Waals surface area contributed by atoms with Crippen molar-refractivity contribution in [3.8, 4) is 0 Å². The maximum absolute atomic E-state index is 2.81. The third-order valence-corrected chi connectivity index (χ3v) is 16.1. The third kappa shape index (κ3) is 19.7. The summed E-state index contributed by atoms with van der Waals surface area (Å²) in [5, 5.41) is 0. The smallest absolute Gasteiger partial charge is 0.0156 e. The number of hydrogen-bond donors (Lipinski definition) is 0. The first kappa shape index (κ1) is 57.0. The van der Waals surface area contributed by atoms with Crippen LogP contribution in [0.1, 0.15) is 328 Å². The molecule has 0 saturated heterocycles. The van der Waals surface area contributed by atoms with E-state index in [1.807, 2.05) is 0 Å². The highest BCUT2D eigenvalue weighted by Gasteiger charge is 2.66. The molecule has 0 N–H and O–H groups in total. The molecule has 0 spiro atoms. The molecule has 0 aliphatic heterocycles. The second-order valence-corrected chi connectivity index (χ2v) is 21.7. The van der Waals surface area contributed by atoms with E-state index in [1.54, 1.807) is 0 Å². The maximum Gasteiger partial charge on any atom is -0.0156 e. The predicted molar refractivity (Wildman–Crippen MR) is 265 cm³/mol. The van der Waals surface area contributed by atoms with E-state index in [0.29, 0.717) is 16.2 Å². The molecule has 0 saturated carbocycles. The first-order chi connectivity index (χ1) is 27.4. The lowest BCUT2D eigenvalue weighted by molar-refractivity contribution is -0.219. The highest BCUT2D eigenvalue weighted by Crippen LogP contribution is 2.74. The first-order valence-electron chi connectivity index (χ1n) is 27.4. The molecule has 0 amide bonds. The van der Waals surface area contributed by atoms with Gasteiger partial charge in [0.15, 0.2) is 0 Å². The number of hydrogen-bond acceptors (Lipinski definition) is 0. The predicted octanol–water partition coefficient (Wildman–Crippen LogP) is 21.5. The maximum atomic E-state index is 2.81. The van der Waals surface area contributed by atoms with Gasteiger partial charge in [0, 0.05) is 0 Å². The first-order valence-corrected chi connectivity index (χ1v) is 27.4. The van der Waals surface area contributed by atoms with Crippen LogP contribution >= 0.6 is 0 Å². The molecular formula is C57H116. The summed E-state index contributed by atoms with van der Waals surface area (Å²) in [7, 11) is 0. The van der Waals surface area contributed by atoms with Crippen molar-refractivity contribution < 1.29 is 0 Å². The Bertz CT molecular complexity index is 847. The van der Waals surface area contributed by atoms with Crippen LogP contribution in [0.5, 0.6) is 0 Å². The van der Waals surface area contributed by atoms with E-state index in [0.717, 1.165) is 17.8 Å². The molecule has 344 valence electrons. The molecule has 0 bridgehead atoms. The molecule has 57 heavy (non-hydrogen) atoms. The van der Waals surface area contributed by atoms with Crippen LogP contribution in [0.15, 0.2) is 0 Å². The Morgan fingerprint density at radius 1 is 0.351 bits per heavy atom. The third-order valence-electron chi connectivity index (χ3n) is 16.1. The SMILES string of the molecule is CCCCCCCCC(C(C)C)C(CCCC)(C(C)(C)C)C(CCCCC)(CCCCCC)C(CCCCCCC)(CCCCCCCC)CC(CC)CCCC. The molecule has 0 aromatic heterocycles. The van der Waals surface area contributed by atoms with Crippen molar-refractivity contribution in [2.24, 2.45) is 39.4 Å². The Morgan fingerprint density at radius 3 is 1.14 bits per heavy atom. The molecule has 5 unspecified atom stereocenters. The van der Waals surface area contributed by atoms with Gasteiger partial charge in [0.2, 0.25) is 0 Å². The monoisotopic (exact) mass is 801 g/mol. The Kier molecular flexibility index (Phi) is 34.6. The Labute approximate surface area is 365 Å². The standard InChI is InChI=1S/C57H116/c1-14-22-29-33-35-38-44-53(51(9)10)57(49-28-20-7,54(11,12)13)56(47-39-26-18-5,48-42-32-25-17-4)55(45-40-36-31-24-16-3,46-41-37-34-30-23-15-2)50-52(21-8)43-27-19-6/h51-53H,14-50H2,1-13H3. The van der Waals surface area contributed by atoms with Gasteiger partial charge in [0.05, 0.1) is 0 Å².